The van der Waals surface area contributed by atoms with E-state index < -0.39 is 0 Å². The largest absolute Gasteiger partial charge is 0.332 e. The second kappa shape index (κ2) is 8.45. The van der Waals surface area contributed by atoms with E-state index in [-0.39, 0.29) is 18.0 Å². The molecule has 2 aromatic rings. The molecule has 26 heavy (non-hydrogen) atoms. The number of hydrogen-bond donors (Lipinski definition) is 0. The summed E-state index contributed by atoms with van der Waals surface area (Å²) >= 11 is 7.97. The molecular weight excluding hydrogens is 364 g/mol. The lowest BCUT2D eigenvalue weighted by Gasteiger charge is -2.38. The van der Waals surface area contributed by atoms with Crippen molar-refractivity contribution in [2.24, 2.45) is 0 Å². The molecule has 1 amide bonds. The van der Waals surface area contributed by atoms with Gasteiger partial charge in [0.1, 0.15) is 5.69 Å². The Labute approximate surface area is 165 Å². The summed E-state index contributed by atoms with van der Waals surface area (Å²) in [4.78, 5) is 20.7. The van der Waals surface area contributed by atoms with Crippen LogP contribution in [0.3, 0.4) is 0 Å². The average molecular weight is 389 g/mol. The number of carbonyl (C=O) groups is 1. The molecule has 1 aromatic carbocycles. The van der Waals surface area contributed by atoms with Crippen LogP contribution < -0.4 is 0 Å². The van der Waals surface area contributed by atoms with Crippen LogP contribution in [-0.4, -0.2) is 27.9 Å². The molecule has 2 atom stereocenters. The van der Waals surface area contributed by atoms with Gasteiger partial charge in [-0.2, -0.15) is 0 Å². The minimum atomic E-state index is 0.0467. The van der Waals surface area contributed by atoms with E-state index in [1.807, 2.05) is 35.2 Å². The van der Waals surface area contributed by atoms with Crippen molar-refractivity contribution in [1.82, 2.24) is 9.88 Å². The molecule has 138 valence electrons. The fourth-order valence-electron chi connectivity index (χ4n) is 3.58. The van der Waals surface area contributed by atoms with E-state index >= 15 is 0 Å². The molecule has 1 aliphatic rings. The van der Waals surface area contributed by atoms with Crippen LogP contribution in [0.4, 0.5) is 0 Å². The van der Waals surface area contributed by atoms with Crippen molar-refractivity contribution in [3.63, 3.8) is 0 Å². The summed E-state index contributed by atoms with van der Waals surface area (Å²) < 4.78 is 0. The number of pyridine rings is 1. The summed E-state index contributed by atoms with van der Waals surface area (Å²) in [6.45, 7) is 6.32. The molecule has 3 nitrogen and oxygen atoms in total. The van der Waals surface area contributed by atoms with E-state index in [9.17, 15) is 4.79 Å². The van der Waals surface area contributed by atoms with Crippen molar-refractivity contribution in [3.05, 3.63) is 58.4 Å². The van der Waals surface area contributed by atoms with Crippen LogP contribution in [0.15, 0.2) is 41.3 Å². The number of carbonyl (C=O) groups excluding carboxylic acids is 1. The van der Waals surface area contributed by atoms with Gasteiger partial charge in [-0.15, -0.1) is 11.8 Å². The molecular formula is C21H25ClN2OS. The molecule has 0 aliphatic carbocycles. The number of benzene rings is 1. The monoisotopic (exact) mass is 388 g/mol. The Morgan fingerprint density at radius 1 is 1.19 bits per heavy atom. The van der Waals surface area contributed by atoms with Crippen LogP contribution in [0.25, 0.3) is 0 Å². The quantitative estimate of drug-likeness (QED) is 0.626. The number of aryl methyl sites for hydroxylation is 1. The Hall–Kier alpha value is -1.52. The summed E-state index contributed by atoms with van der Waals surface area (Å²) in [6.07, 6.45) is 3.32. The summed E-state index contributed by atoms with van der Waals surface area (Å²) in [7, 11) is 0. The van der Waals surface area contributed by atoms with Crippen LogP contribution in [0.2, 0.25) is 5.02 Å². The SMILES string of the molecule is Cc1cccc(Cl)c1SCc1cccc(C(=O)N2C(C)CCCC2C)n1. The summed E-state index contributed by atoms with van der Waals surface area (Å²) in [5.41, 5.74) is 2.60. The van der Waals surface area contributed by atoms with Gasteiger partial charge in [0.15, 0.2) is 0 Å². The van der Waals surface area contributed by atoms with Gasteiger partial charge >= 0.3 is 0 Å². The molecule has 1 aromatic heterocycles. The molecule has 0 bridgehead atoms. The minimum Gasteiger partial charge on any atom is -0.332 e. The van der Waals surface area contributed by atoms with E-state index in [1.165, 1.54) is 6.42 Å². The maximum Gasteiger partial charge on any atom is 0.272 e. The highest BCUT2D eigenvalue weighted by molar-refractivity contribution is 7.98. The van der Waals surface area contributed by atoms with E-state index in [0.29, 0.717) is 11.4 Å². The van der Waals surface area contributed by atoms with Gasteiger partial charge in [0, 0.05) is 22.7 Å². The Kier molecular flexibility index (Phi) is 6.25. The van der Waals surface area contributed by atoms with Gasteiger partial charge in [-0.05, 0) is 63.8 Å². The van der Waals surface area contributed by atoms with Crippen molar-refractivity contribution in [2.45, 2.75) is 62.8 Å². The number of amides is 1. The number of thioether (sulfide) groups is 1. The Balaban J connectivity index is 1.75. The van der Waals surface area contributed by atoms with Crippen molar-refractivity contribution < 1.29 is 4.79 Å². The maximum atomic E-state index is 13.0. The number of rotatable bonds is 4. The van der Waals surface area contributed by atoms with Crippen LogP contribution in [0, 0.1) is 6.92 Å². The zero-order valence-corrected chi connectivity index (χ0v) is 17.1. The standard InChI is InChI=1S/C21H25ClN2OS/c1-14-7-4-11-18(22)20(14)26-13-17-10-6-12-19(23-17)21(25)24-15(2)8-5-9-16(24)3/h4,6-7,10-12,15-16H,5,8-9,13H2,1-3H3. The maximum absolute atomic E-state index is 13.0. The van der Waals surface area contributed by atoms with Gasteiger partial charge in [-0.25, -0.2) is 4.98 Å². The molecule has 0 N–H and O–H groups in total. The van der Waals surface area contributed by atoms with Crippen molar-refractivity contribution in [2.75, 3.05) is 0 Å². The molecule has 5 heteroatoms. The highest BCUT2D eigenvalue weighted by atomic mass is 35.5. The zero-order valence-electron chi connectivity index (χ0n) is 15.5. The average Bonchev–Trinajstić information content (AvgIpc) is 2.61. The van der Waals surface area contributed by atoms with Gasteiger partial charge in [-0.1, -0.05) is 29.8 Å². The van der Waals surface area contributed by atoms with Crippen LogP contribution in [-0.2, 0) is 5.75 Å². The van der Waals surface area contributed by atoms with E-state index in [4.69, 9.17) is 11.6 Å². The van der Waals surface area contributed by atoms with Gasteiger partial charge < -0.3 is 4.90 Å². The smallest absolute Gasteiger partial charge is 0.272 e. The lowest BCUT2D eigenvalue weighted by atomic mass is 9.97. The molecule has 1 aliphatic heterocycles. The summed E-state index contributed by atoms with van der Waals surface area (Å²) in [5, 5.41) is 0.762. The number of hydrogen-bond acceptors (Lipinski definition) is 3. The highest BCUT2D eigenvalue weighted by Crippen LogP contribution is 2.32. The summed E-state index contributed by atoms with van der Waals surface area (Å²) in [5.74, 6) is 0.738. The summed E-state index contributed by atoms with van der Waals surface area (Å²) in [6, 6.07) is 12.2. The van der Waals surface area contributed by atoms with Crippen molar-refractivity contribution in [1.29, 1.82) is 0 Å². The first-order valence-electron chi connectivity index (χ1n) is 9.14. The van der Waals surface area contributed by atoms with Gasteiger partial charge in [0.05, 0.1) is 10.7 Å². The van der Waals surface area contributed by atoms with Crippen molar-refractivity contribution >= 4 is 29.3 Å². The number of piperidine rings is 1. The van der Waals surface area contributed by atoms with E-state index in [2.05, 4.69) is 31.8 Å². The van der Waals surface area contributed by atoms with Crippen LogP contribution >= 0.6 is 23.4 Å². The fraction of sp³-hybridized carbons (Fsp3) is 0.429. The van der Waals surface area contributed by atoms with Crippen molar-refractivity contribution in [3.8, 4) is 0 Å². The Bertz CT molecular complexity index is 765. The molecule has 1 saturated heterocycles. The van der Waals surface area contributed by atoms with E-state index in [0.717, 1.165) is 34.0 Å². The number of aromatic nitrogens is 1. The minimum absolute atomic E-state index is 0.0467. The third-order valence-corrected chi connectivity index (χ3v) is 6.68. The lowest BCUT2D eigenvalue weighted by Crippen LogP contribution is -2.47. The third kappa shape index (κ3) is 4.24. The molecule has 2 heterocycles. The number of likely N-dealkylation sites (tertiary alicyclic amines) is 1. The van der Waals surface area contributed by atoms with Gasteiger partial charge in [-0.3, -0.25) is 4.79 Å². The molecule has 0 spiro atoms. The first kappa shape index (κ1) is 19.2. The van der Waals surface area contributed by atoms with Crippen LogP contribution in [0.1, 0.15) is 54.9 Å². The topological polar surface area (TPSA) is 33.2 Å². The first-order chi connectivity index (χ1) is 12.5. The fourth-order valence-corrected chi connectivity index (χ4v) is 4.92. The predicted molar refractivity (Wildman–Crippen MR) is 109 cm³/mol. The lowest BCUT2D eigenvalue weighted by molar-refractivity contribution is 0.0504. The zero-order chi connectivity index (χ0) is 18.7. The number of nitrogens with zero attached hydrogens (tertiary/aromatic N) is 2. The predicted octanol–water partition coefficient (Wildman–Crippen LogP) is 5.74. The van der Waals surface area contributed by atoms with Gasteiger partial charge in [0.2, 0.25) is 0 Å². The third-order valence-electron chi connectivity index (χ3n) is 4.98. The normalized spacial score (nSPS) is 20.2. The molecule has 0 saturated carbocycles. The second-order valence-corrected chi connectivity index (χ2v) is 8.42. The second-order valence-electron chi connectivity index (χ2n) is 7.03. The molecule has 1 fully saturated rings. The highest BCUT2D eigenvalue weighted by Gasteiger charge is 2.30. The van der Waals surface area contributed by atoms with E-state index in [1.54, 1.807) is 11.8 Å². The molecule has 0 radical (unpaired) electrons. The van der Waals surface area contributed by atoms with Gasteiger partial charge in [0.25, 0.3) is 5.91 Å². The Morgan fingerprint density at radius 3 is 2.58 bits per heavy atom. The number of halogens is 1. The Morgan fingerprint density at radius 2 is 1.88 bits per heavy atom. The van der Waals surface area contributed by atoms with Crippen LogP contribution in [0.5, 0.6) is 0 Å². The molecule has 2 unspecified atom stereocenters. The first-order valence-corrected chi connectivity index (χ1v) is 10.5. The molecule has 3 rings (SSSR count).